The van der Waals surface area contributed by atoms with Crippen molar-refractivity contribution in [2.24, 2.45) is 0 Å². The van der Waals surface area contributed by atoms with Gasteiger partial charge >= 0.3 is 5.97 Å². The summed E-state index contributed by atoms with van der Waals surface area (Å²) in [7, 11) is 0. The predicted molar refractivity (Wildman–Crippen MR) is 106 cm³/mol. The topological polar surface area (TPSA) is 101 Å². The summed E-state index contributed by atoms with van der Waals surface area (Å²) in [6, 6.07) is 6.41. The summed E-state index contributed by atoms with van der Waals surface area (Å²) in [6.45, 7) is 7.00. The van der Waals surface area contributed by atoms with Crippen LogP contribution in [-0.4, -0.2) is 45.2 Å². The minimum absolute atomic E-state index is 0.0283. The Morgan fingerprint density at radius 2 is 1.64 bits per heavy atom. The van der Waals surface area contributed by atoms with Gasteiger partial charge in [-0.05, 0) is 38.8 Å². The second-order valence-corrected chi connectivity index (χ2v) is 6.85. The minimum atomic E-state index is -0.769. The summed E-state index contributed by atoms with van der Waals surface area (Å²) in [5.74, 6) is -1.05. The molecule has 0 spiro atoms. The summed E-state index contributed by atoms with van der Waals surface area (Å²) in [5, 5.41) is 2.84. The van der Waals surface area contributed by atoms with Crippen molar-refractivity contribution in [3.63, 3.8) is 0 Å². The molecule has 1 heterocycles. The number of esters is 1. The Balaban J connectivity index is 2.09. The molecular weight excluding hydrogens is 362 g/mol. The van der Waals surface area contributed by atoms with Gasteiger partial charge in [0, 0.05) is 12.1 Å². The van der Waals surface area contributed by atoms with Crippen molar-refractivity contribution < 1.29 is 14.3 Å². The van der Waals surface area contributed by atoms with E-state index in [2.05, 4.69) is 5.10 Å². The van der Waals surface area contributed by atoms with Crippen molar-refractivity contribution in [3.05, 3.63) is 45.0 Å². The van der Waals surface area contributed by atoms with E-state index in [1.807, 2.05) is 27.7 Å². The van der Waals surface area contributed by atoms with Crippen molar-refractivity contribution in [3.8, 4) is 0 Å². The SMILES string of the molecule is CC[C@H](C)N(C(=O)COC(=O)Cn1[nH]c(=O)c2ccccc2c1=O)[C@@H](C)CC. The molecule has 0 aliphatic rings. The smallest absolute Gasteiger partial charge is 0.328 e. The first kappa shape index (κ1) is 21.4. The van der Waals surface area contributed by atoms with E-state index in [1.165, 1.54) is 12.1 Å². The number of fused-ring (bicyclic) bond motifs is 1. The molecule has 8 nitrogen and oxygen atoms in total. The number of H-pyrrole nitrogens is 1. The lowest BCUT2D eigenvalue weighted by molar-refractivity contribution is -0.154. The Bertz CT molecular complexity index is 952. The second kappa shape index (κ2) is 9.34. The van der Waals surface area contributed by atoms with Crippen molar-refractivity contribution in [2.45, 2.75) is 59.2 Å². The number of aromatic nitrogens is 2. The van der Waals surface area contributed by atoms with Gasteiger partial charge < -0.3 is 9.64 Å². The number of amides is 1. The maximum absolute atomic E-state index is 12.5. The number of nitrogens with zero attached hydrogens (tertiary/aromatic N) is 2. The van der Waals surface area contributed by atoms with Crippen LogP contribution in [0.1, 0.15) is 40.5 Å². The molecule has 0 aliphatic heterocycles. The third kappa shape index (κ3) is 4.68. The molecule has 0 fully saturated rings. The molecule has 0 bridgehead atoms. The highest BCUT2D eigenvalue weighted by Gasteiger charge is 2.24. The Hall–Kier alpha value is -2.90. The number of carbonyl (C=O) groups excluding carboxylic acids is 2. The Labute approximate surface area is 163 Å². The summed E-state index contributed by atoms with van der Waals surface area (Å²) >= 11 is 0. The second-order valence-electron chi connectivity index (χ2n) is 6.85. The quantitative estimate of drug-likeness (QED) is 0.692. The van der Waals surface area contributed by atoms with E-state index < -0.39 is 30.2 Å². The molecular formula is C20H27N3O5. The highest BCUT2D eigenvalue weighted by Crippen LogP contribution is 2.12. The van der Waals surface area contributed by atoms with E-state index >= 15 is 0 Å². The van der Waals surface area contributed by atoms with Gasteiger partial charge in [0.1, 0.15) is 6.54 Å². The van der Waals surface area contributed by atoms with Crippen LogP contribution in [0.2, 0.25) is 0 Å². The Morgan fingerprint density at radius 1 is 1.07 bits per heavy atom. The average molecular weight is 389 g/mol. The van der Waals surface area contributed by atoms with Gasteiger partial charge in [-0.3, -0.25) is 24.3 Å². The van der Waals surface area contributed by atoms with Crippen molar-refractivity contribution in [1.82, 2.24) is 14.7 Å². The number of hydrogen-bond acceptors (Lipinski definition) is 5. The van der Waals surface area contributed by atoms with E-state index in [9.17, 15) is 19.2 Å². The van der Waals surface area contributed by atoms with Gasteiger partial charge in [-0.2, -0.15) is 0 Å². The van der Waals surface area contributed by atoms with Crippen molar-refractivity contribution >= 4 is 22.6 Å². The predicted octanol–water partition coefficient (Wildman–Crippen LogP) is 1.66. The van der Waals surface area contributed by atoms with E-state index in [0.717, 1.165) is 17.5 Å². The van der Waals surface area contributed by atoms with E-state index in [0.29, 0.717) is 0 Å². The third-order valence-electron chi connectivity index (χ3n) is 4.95. The van der Waals surface area contributed by atoms with Gasteiger partial charge in [-0.1, -0.05) is 26.0 Å². The monoisotopic (exact) mass is 389 g/mol. The third-order valence-corrected chi connectivity index (χ3v) is 4.95. The molecule has 2 aromatic rings. The van der Waals surface area contributed by atoms with Crippen LogP contribution in [0.25, 0.3) is 10.8 Å². The molecule has 8 heteroatoms. The highest BCUT2D eigenvalue weighted by molar-refractivity contribution is 5.82. The lowest BCUT2D eigenvalue weighted by Crippen LogP contribution is -2.46. The molecule has 0 saturated carbocycles. The molecule has 0 aliphatic carbocycles. The van der Waals surface area contributed by atoms with Crippen LogP contribution < -0.4 is 11.1 Å². The van der Waals surface area contributed by atoms with Gasteiger partial charge in [0.25, 0.3) is 17.0 Å². The van der Waals surface area contributed by atoms with Crippen LogP contribution in [0, 0.1) is 0 Å². The summed E-state index contributed by atoms with van der Waals surface area (Å²) in [4.78, 5) is 50.9. The molecule has 0 saturated heterocycles. The minimum Gasteiger partial charge on any atom is -0.454 e. The van der Waals surface area contributed by atoms with Crippen LogP contribution in [0.4, 0.5) is 0 Å². The van der Waals surface area contributed by atoms with Crippen LogP contribution >= 0.6 is 0 Å². The molecule has 1 aromatic heterocycles. The first-order chi connectivity index (χ1) is 13.3. The van der Waals surface area contributed by atoms with Crippen LogP contribution in [-0.2, 0) is 20.9 Å². The maximum atomic E-state index is 12.5. The van der Waals surface area contributed by atoms with Gasteiger partial charge in [-0.15, -0.1) is 0 Å². The zero-order valence-electron chi connectivity index (χ0n) is 16.7. The molecule has 1 N–H and O–H groups in total. The zero-order chi connectivity index (χ0) is 20.8. The van der Waals surface area contributed by atoms with Gasteiger partial charge in [-0.25, -0.2) is 4.68 Å². The standard InChI is InChI=1S/C20H27N3O5/c1-5-13(3)23(14(4)6-2)17(24)12-28-18(25)11-22-20(27)16-10-8-7-9-15(16)19(26)21-22/h7-10,13-14H,5-6,11-12H2,1-4H3,(H,21,26)/t13-,14-/m0/s1. The van der Waals surface area contributed by atoms with Gasteiger partial charge in [0.15, 0.2) is 6.61 Å². The fourth-order valence-electron chi connectivity index (χ4n) is 3.07. The number of benzene rings is 1. The van der Waals surface area contributed by atoms with E-state index in [4.69, 9.17) is 4.74 Å². The summed E-state index contributed by atoms with van der Waals surface area (Å²) < 4.78 is 5.97. The molecule has 28 heavy (non-hydrogen) atoms. The molecule has 2 atom stereocenters. The number of nitrogens with one attached hydrogen (secondary N) is 1. The van der Waals surface area contributed by atoms with Gasteiger partial charge in [0.2, 0.25) is 0 Å². The van der Waals surface area contributed by atoms with E-state index in [-0.39, 0.29) is 28.8 Å². The largest absolute Gasteiger partial charge is 0.454 e. The molecule has 0 unspecified atom stereocenters. The highest BCUT2D eigenvalue weighted by atomic mass is 16.5. The number of hydrogen-bond donors (Lipinski definition) is 1. The van der Waals surface area contributed by atoms with Crippen LogP contribution in [0.5, 0.6) is 0 Å². The van der Waals surface area contributed by atoms with Crippen LogP contribution in [0.3, 0.4) is 0 Å². The molecule has 152 valence electrons. The molecule has 1 amide bonds. The molecule has 0 radical (unpaired) electrons. The fourth-order valence-corrected chi connectivity index (χ4v) is 3.07. The summed E-state index contributed by atoms with van der Waals surface area (Å²) in [6.07, 6.45) is 1.58. The first-order valence-corrected chi connectivity index (χ1v) is 9.48. The lowest BCUT2D eigenvalue weighted by Gasteiger charge is -2.33. The van der Waals surface area contributed by atoms with Gasteiger partial charge in [0.05, 0.1) is 10.8 Å². The fraction of sp³-hybridized carbons (Fsp3) is 0.500. The van der Waals surface area contributed by atoms with E-state index in [1.54, 1.807) is 17.0 Å². The molecule has 1 aromatic carbocycles. The number of ether oxygens (including phenoxy) is 1. The normalized spacial score (nSPS) is 13.1. The van der Waals surface area contributed by atoms with Crippen molar-refractivity contribution in [1.29, 1.82) is 0 Å². The number of carbonyl (C=O) groups is 2. The first-order valence-electron chi connectivity index (χ1n) is 9.48. The average Bonchev–Trinajstić information content (AvgIpc) is 2.70. The molecule has 2 rings (SSSR count). The van der Waals surface area contributed by atoms with Crippen molar-refractivity contribution in [2.75, 3.05) is 6.61 Å². The van der Waals surface area contributed by atoms with Crippen LogP contribution in [0.15, 0.2) is 33.9 Å². The maximum Gasteiger partial charge on any atom is 0.328 e. The number of aromatic amines is 1. The Kier molecular flexibility index (Phi) is 7.14. The Morgan fingerprint density at radius 3 is 2.21 bits per heavy atom. The lowest BCUT2D eigenvalue weighted by atomic mass is 10.1. The number of rotatable bonds is 8. The summed E-state index contributed by atoms with van der Waals surface area (Å²) in [5.41, 5.74) is -0.974. The zero-order valence-corrected chi connectivity index (χ0v) is 16.7.